The highest BCUT2D eigenvalue weighted by molar-refractivity contribution is 6.09. The van der Waals surface area contributed by atoms with Gasteiger partial charge in [0.05, 0.1) is 0 Å². The maximum atomic E-state index is 12.0. The molecule has 78 valence electrons. The molecule has 0 radical (unpaired) electrons. The molecule has 0 N–H and O–H groups in total. The minimum atomic E-state index is -0.128. The van der Waals surface area contributed by atoms with Gasteiger partial charge in [0.2, 0.25) is 0 Å². The Morgan fingerprint density at radius 2 is 1.81 bits per heavy atom. The lowest BCUT2D eigenvalue weighted by molar-refractivity contribution is 0.103. The van der Waals surface area contributed by atoms with Crippen molar-refractivity contribution in [3.63, 3.8) is 0 Å². The molecule has 0 aliphatic heterocycles. The van der Waals surface area contributed by atoms with E-state index < -0.39 is 0 Å². The van der Waals surface area contributed by atoms with Crippen LogP contribution in [0.5, 0.6) is 0 Å². The fraction of sp³-hybridized carbons (Fsp3) is 0. The first-order chi connectivity index (χ1) is 7.81. The number of carbonyl (C=O) groups is 2. The maximum absolute atomic E-state index is 12.0. The van der Waals surface area contributed by atoms with Crippen LogP contribution in [0.4, 0.5) is 0 Å². The van der Waals surface area contributed by atoms with E-state index in [1.54, 1.807) is 24.3 Å². The molecule has 0 spiro atoms. The van der Waals surface area contributed by atoms with Gasteiger partial charge in [-0.15, -0.1) is 0 Å². The molecule has 1 aromatic heterocycles. The van der Waals surface area contributed by atoms with E-state index in [0.717, 1.165) is 0 Å². The summed E-state index contributed by atoms with van der Waals surface area (Å²) in [5.41, 5.74) is 1.42. The van der Waals surface area contributed by atoms with Gasteiger partial charge in [0.15, 0.2) is 12.1 Å². The van der Waals surface area contributed by atoms with E-state index >= 15 is 0 Å². The summed E-state index contributed by atoms with van der Waals surface area (Å²) >= 11 is 0. The number of aromatic nitrogens is 1. The van der Waals surface area contributed by atoms with Crippen molar-refractivity contribution in [1.29, 1.82) is 0 Å². The Balaban J connectivity index is 2.38. The van der Waals surface area contributed by atoms with Gasteiger partial charge < -0.3 is 0 Å². The Morgan fingerprint density at radius 3 is 2.50 bits per heavy atom. The number of hydrogen-bond donors (Lipinski definition) is 0. The van der Waals surface area contributed by atoms with Crippen molar-refractivity contribution >= 4 is 12.1 Å². The third kappa shape index (κ3) is 2.03. The van der Waals surface area contributed by atoms with Crippen LogP contribution in [-0.2, 0) is 0 Å². The molecule has 0 bridgehead atoms. The average molecular weight is 211 g/mol. The number of ketones is 1. The van der Waals surface area contributed by atoms with E-state index in [1.165, 1.54) is 18.5 Å². The Morgan fingerprint density at radius 1 is 1.06 bits per heavy atom. The normalized spacial score (nSPS) is 9.75. The summed E-state index contributed by atoms with van der Waals surface area (Å²) in [6, 6.07) is 10.4. The first-order valence-electron chi connectivity index (χ1n) is 4.81. The predicted octanol–water partition coefficient (Wildman–Crippen LogP) is 2.13. The Bertz CT molecular complexity index is 520. The quantitative estimate of drug-likeness (QED) is 0.577. The molecule has 3 heteroatoms. The van der Waals surface area contributed by atoms with E-state index in [-0.39, 0.29) is 5.78 Å². The van der Waals surface area contributed by atoms with Crippen molar-refractivity contribution in [3.8, 4) is 0 Å². The monoisotopic (exact) mass is 211 g/mol. The summed E-state index contributed by atoms with van der Waals surface area (Å²) in [5, 5.41) is 0. The lowest BCUT2D eigenvalue weighted by Gasteiger charge is -2.00. The lowest BCUT2D eigenvalue weighted by Crippen LogP contribution is -2.02. The summed E-state index contributed by atoms with van der Waals surface area (Å²) in [5.74, 6) is -0.128. The third-order valence-corrected chi connectivity index (χ3v) is 2.19. The molecule has 0 saturated carbocycles. The van der Waals surface area contributed by atoms with E-state index in [0.29, 0.717) is 23.0 Å². The van der Waals surface area contributed by atoms with Crippen molar-refractivity contribution in [2.75, 3.05) is 0 Å². The molecule has 0 unspecified atom stereocenters. The summed E-state index contributed by atoms with van der Waals surface area (Å²) in [7, 11) is 0. The molecule has 3 nitrogen and oxygen atoms in total. The van der Waals surface area contributed by atoms with Crippen molar-refractivity contribution in [3.05, 3.63) is 65.5 Å². The van der Waals surface area contributed by atoms with Crippen LogP contribution in [0.2, 0.25) is 0 Å². The highest BCUT2D eigenvalue weighted by atomic mass is 16.1. The summed E-state index contributed by atoms with van der Waals surface area (Å²) in [6.07, 6.45) is 3.56. The molecule has 0 aliphatic rings. The van der Waals surface area contributed by atoms with Crippen molar-refractivity contribution in [2.45, 2.75) is 0 Å². The highest BCUT2D eigenvalue weighted by Gasteiger charge is 2.08. The van der Waals surface area contributed by atoms with Gasteiger partial charge in [-0.05, 0) is 6.07 Å². The standard InChI is InChI=1S/C13H9NO2/c15-9-10-6-12(8-14-7-10)13(16)11-4-2-1-3-5-11/h1-9H. The average Bonchev–Trinajstić information content (AvgIpc) is 2.39. The molecule has 0 saturated heterocycles. The lowest BCUT2D eigenvalue weighted by atomic mass is 10.0. The van der Waals surface area contributed by atoms with Crippen molar-refractivity contribution in [2.24, 2.45) is 0 Å². The third-order valence-electron chi connectivity index (χ3n) is 2.19. The summed E-state index contributed by atoms with van der Waals surface area (Å²) in [4.78, 5) is 26.4. The largest absolute Gasteiger partial charge is 0.298 e. The Kier molecular flexibility index (Phi) is 2.87. The van der Waals surface area contributed by atoms with Gasteiger partial charge in [0.25, 0.3) is 0 Å². The number of hydrogen-bond acceptors (Lipinski definition) is 3. The highest BCUT2D eigenvalue weighted by Crippen LogP contribution is 2.09. The van der Waals surface area contributed by atoms with Crippen molar-refractivity contribution in [1.82, 2.24) is 4.98 Å². The van der Waals surface area contributed by atoms with Crippen LogP contribution >= 0.6 is 0 Å². The van der Waals surface area contributed by atoms with Gasteiger partial charge in [-0.1, -0.05) is 30.3 Å². The number of carbonyl (C=O) groups excluding carboxylic acids is 2. The molecular weight excluding hydrogens is 202 g/mol. The number of aldehydes is 1. The minimum Gasteiger partial charge on any atom is -0.298 e. The van der Waals surface area contributed by atoms with Gasteiger partial charge in [-0.3, -0.25) is 14.6 Å². The summed E-state index contributed by atoms with van der Waals surface area (Å²) in [6.45, 7) is 0. The zero-order valence-electron chi connectivity index (χ0n) is 8.46. The van der Waals surface area contributed by atoms with Crippen LogP contribution in [0.1, 0.15) is 26.3 Å². The second-order valence-electron chi connectivity index (χ2n) is 3.32. The molecule has 16 heavy (non-hydrogen) atoms. The number of nitrogens with zero attached hydrogens (tertiary/aromatic N) is 1. The van der Waals surface area contributed by atoms with Crippen molar-refractivity contribution < 1.29 is 9.59 Å². The van der Waals surface area contributed by atoms with Gasteiger partial charge >= 0.3 is 0 Å². The minimum absolute atomic E-state index is 0.128. The van der Waals surface area contributed by atoms with Gasteiger partial charge in [0, 0.05) is 29.1 Å². The SMILES string of the molecule is O=Cc1cncc(C(=O)c2ccccc2)c1. The van der Waals surface area contributed by atoms with Crippen LogP contribution in [0.25, 0.3) is 0 Å². The Hall–Kier alpha value is -2.29. The number of rotatable bonds is 3. The predicted molar refractivity (Wildman–Crippen MR) is 59.5 cm³/mol. The molecule has 2 rings (SSSR count). The van der Waals surface area contributed by atoms with Crippen LogP contribution in [0.15, 0.2) is 48.8 Å². The fourth-order valence-corrected chi connectivity index (χ4v) is 1.40. The number of pyridine rings is 1. The second-order valence-corrected chi connectivity index (χ2v) is 3.32. The maximum Gasteiger partial charge on any atom is 0.194 e. The zero-order valence-corrected chi connectivity index (χ0v) is 8.46. The molecule has 0 amide bonds. The molecule has 0 atom stereocenters. The second kappa shape index (κ2) is 4.49. The molecule has 1 aromatic carbocycles. The van der Waals surface area contributed by atoms with E-state index in [9.17, 15) is 9.59 Å². The topological polar surface area (TPSA) is 47.0 Å². The number of benzene rings is 1. The van der Waals surface area contributed by atoms with Gasteiger partial charge in [0.1, 0.15) is 0 Å². The van der Waals surface area contributed by atoms with Crippen LogP contribution in [0, 0.1) is 0 Å². The smallest absolute Gasteiger partial charge is 0.194 e. The van der Waals surface area contributed by atoms with Crippen LogP contribution < -0.4 is 0 Å². The molecule has 0 aliphatic carbocycles. The zero-order chi connectivity index (χ0) is 11.4. The fourth-order valence-electron chi connectivity index (χ4n) is 1.40. The van der Waals surface area contributed by atoms with Gasteiger partial charge in [-0.25, -0.2) is 0 Å². The molecule has 1 heterocycles. The van der Waals surface area contributed by atoms with E-state index in [4.69, 9.17) is 0 Å². The van der Waals surface area contributed by atoms with Crippen LogP contribution in [-0.4, -0.2) is 17.1 Å². The molecular formula is C13H9NO2. The Labute approximate surface area is 92.8 Å². The first kappa shape index (κ1) is 10.2. The van der Waals surface area contributed by atoms with E-state index in [2.05, 4.69) is 4.98 Å². The van der Waals surface area contributed by atoms with Gasteiger partial charge in [-0.2, -0.15) is 0 Å². The van der Waals surface area contributed by atoms with Crippen LogP contribution in [0.3, 0.4) is 0 Å². The molecule has 2 aromatic rings. The first-order valence-corrected chi connectivity index (χ1v) is 4.81. The van der Waals surface area contributed by atoms with E-state index in [1.807, 2.05) is 6.07 Å². The molecule has 0 fully saturated rings. The summed E-state index contributed by atoms with van der Waals surface area (Å²) < 4.78 is 0.